The molecule has 0 radical (unpaired) electrons. The van der Waals surface area contributed by atoms with Gasteiger partial charge >= 0.3 is 0 Å². The molecule has 3 N–H and O–H groups in total. The second-order valence-electron chi connectivity index (χ2n) is 4.82. The van der Waals surface area contributed by atoms with Crippen LogP contribution in [0, 0.1) is 5.41 Å². The first-order valence-corrected chi connectivity index (χ1v) is 6.82. The smallest absolute Gasteiger partial charge is 0.226 e. The molecule has 0 amide bonds. The summed E-state index contributed by atoms with van der Waals surface area (Å²) in [6, 6.07) is 7.58. The molecule has 108 valence electrons. The zero-order chi connectivity index (χ0) is 14.7. The lowest BCUT2D eigenvalue weighted by Gasteiger charge is -2.35. The number of hydrogen-bond donors (Lipinski definition) is 2. The van der Waals surface area contributed by atoms with Crippen LogP contribution in [0.15, 0.2) is 36.7 Å². The molecule has 0 saturated carbocycles. The molecule has 0 spiro atoms. The maximum Gasteiger partial charge on any atom is 0.226 e. The standard InChI is InChI=1S/C14H17N7/c15-13(16)11-4-6-18-14(19-11)21-9-7-20(8-10-21)12-3-1-2-5-17-12/h1-6H,7-10H2,(H3,15,16). The van der Waals surface area contributed by atoms with Crippen LogP contribution in [0.2, 0.25) is 0 Å². The van der Waals surface area contributed by atoms with Crippen molar-refractivity contribution in [2.45, 2.75) is 0 Å². The highest BCUT2D eigenvalue weighted by Crippen LogP contribution is 2.15. The minimum absolute atomic E-state index is 0.0363. The predicted octanol–water partition coefficient (Wildman–Crippen LogP) is 0.482. The van der Waals surface area contributed by atoms with Crippen LogP contribution < -0.4 is 15.5 Å². The number of aromatic nitrogens is 3. The number of nitrogens with one attached hydrogen (secondary N) is 1. The normalized spacial score (nSPS) is 15.0. The van der Waals surface area contributed by atoms with E-state index in [2.05, 4.69) is 24.8 Å². The zero-order valence-electron chi connectivity index (χ0n) is 11.6. The van der Waals surface area contributed by atoms with Gasteiger partial charge in [-0.25, -0.2) is 15.0 Å². The van der Waals surface area contributed by atoms with Gasteiger partial charge in [0.05, 0.1) is 0 Å². The fourth-order valence-electron chi connectivity index (χ4n) is 2.33. The Morgan fingerprint density at radius 3 is 2.43 bits per heavy atom. The van der Waals surface area contributed by atoms with Gasteiger partial charge in [0, 0.05) is 38.6 Å². The number of amidine groups is 1. The van der Waals surface area contributed by atoms with Gasteiger partial charge in [-0.15, -0.1) is 0 Å². The minimum Gasteiger partial charge on any atom is -0.382 e. The molecule has 0 aromatic carbocycles. The Balaban J connectivity index is 1.68. The van der Waals surface area contributed by atoms with Gasteiger partial charge in [0.2, 0.25) is 5.95 Å². The van der Waals surface area contributed by atoms with E-state index in [9.17, 15) is 0 Å². The molecule has 0 atom stereocenters. The summed E-state index contributed by atoms with van der Waals surface area (Å²) in [6.45, 7) is 3.37. The van der Waals surface area contributed by atoms with Gasteiger partial charge in [0.15, 0.2) is 0 Å². The fraction of sp³-hybridized carbons (Fsp3) is 0.286. The summed E-state index contributed by atoms with van der Waals surface area (Å²) in [6.07, 6.45) is 3.45. The topological polar surface area (TPSA) is 95.0 Å². The van der Waals surface area contributed by atoms with Gasteiger partial charge in [0.1, 0.15) is 17.3 Å². The Bertz CT molecular complexity index is 620. The molecule has 7 nitrogen and oxygen atoms in total. The van der Waals surface area contributed by atoms with Gasteiger partial charge in [-0.3, -0.25) is 5.41 Å². The Labute approximate surface area is 123 Å². The monoisotopic (exact) mass is 283 g/mol. The van der Waals surface area contributed by atoms with E-state index in [1.54, 1.807) is 18.5 Å². The van der Waals surface area contributed by atoms with E-state index in [0.29, 0.717) is 11.6 Å². The van der Waals surface area contributed by atoms with E-state index in [0.717, 1.165) is 32.0 Å². The number of nitrogen functional groups attached to an aromatic ring is 1. The summed E-state index contributed by atoms with van der Waals surface area (Å²) in [5, 5.41) is 7.44. The lowest BCUT2D eigenvalue weighted by atomic mass is 10.3. The number of rotatable bonds is 3. The highest BCUT2D eigenvalue weighted by atomic mass is 15.3. The fourth-order valence-corrected chi connectivity index (χ4v) is 2.33. The second kappa shape index (κ2) is 5.74. The molecule has 1 aliphatic heterocycles. The predicted molar refractivity (Wildman–Crippen MR) is 81.7 cm³/mol. The van der Waals surface area contributed by atoms with E-state index in [1.165, 1.54) is 0 Å². The Hall–Kier alpha value is -2.70. The van der Waals surface area contributed by atoms with Crippen LogP contribution in [0.3, 0.4) is 0 Å². The summed E-state index contributed by atoms with van der Waals surface area (Å²) in [5.41, 5.74) is 5.93. The Morgan fingerprint density at radius 2 is 1.76 bits per heavy atom. The first-order chi connectivity index (χ1) is 10.2. The molecule has 21 heavy (non-hydrogen) atoms. The van der Waals surface area contributed by atoms with E-state index in [4.69, 9.17) is 11.1 Å². The number of nitrogens with two attached hydrogens (primary N) is 1. The van der Waals surface area contributed by atoms with Crippen molar-refractivity contribution in [3.8, 4) is 0 Å². The molecular formula is C14H17N7. The molecule has 2 aromatic heterocycles. The van der Waals surface area contributed by atoms with Gasteiger partial charge < -0.3 is 15.5 Å². The van der Waals surface area contributed by atoms with Gasteiger partial charge in [-0.1, -0.05) is 6.07 Å². The molecule has 1 saturated heterocycles. The molecule has 1 aliphatic rings. The molecular weight excluding hydrogens is 266 g/mol. The average molecular weight is 283 g/mol. The van der Waals surface area contributed by atoms with Crippen molar-refractivity contribution in [2.24, 2.45) is 5.73 Å². The first-order valence-electron chi connectivity index (χ1n) is 6.82. The SMILES string of the molecule is N=C(N)c1ccnc(N2CCN(c3ccccn3)CC2)n1. The highest BCUT2D eigenvalue weighted by Gasteiger charge is 2.20. The Kier molecular flexibility index (Phi) is 3.63. The van der Waals surface area contributed by atoms with E-state index < -0.39 is 0 Å². The summed E-state index contributed by atoms with van der Waals surface area (Å²) < 4.78 is 0. The molecule has 7 heteroatoms. The average Bonchev–Trinajstić information content (AvgIpc) is 2.56. The number of piperazine rings is 1. The molecule has 3 heterocycles. The van der Waals surface area contributed by atoms with Gasteiger partial charge in [0.25, 0.3) is 0 Å². The summed E-state index contributed by atoms with van der Waals surface area (Å²) in [7, 11) is 0. The summed E-state index contributed by atoms with van der Waals surface area (Å²) in [4.78, 5) is 17.3. The minimum atomic E-state index is -0.0363. The lowest BCUT2D eigenvalue weighted by molar-refractivity contribution is 0.634. The van der Waals surface area contributed by atoms with Crippen LogP contribution >= 0.6 is 0 Å². The largest absolute Gasteiger partial charge is 0.382 e. The van der Waals surface area contributed by atoms with Crippen molar-refractivity contribution in [3.63, 3.8) is 0 Å². The number of anilines is 2. The van der Waals surface area contributed by atoms with Crippen LogP contribution in [0.5, 0.6) is 0 Å². The van der Waals surface area contributed by atoms with Gasteiger partial charge in [-0.05, 0) is 18.2 Å². The van der Waals surface area contributed by atoms with E-state index in [1.807, 2.05) is 18.2 Å². The summed E-state index contributed by atoms with van der Waals surface area (Å²) in [5.74, 6) is 1.59. The van der Waals surface area contributed by atoms with Crippen molar-refractivity contribution in [2.75, 3.05) is 36.0 Å². The van der Waals surface area contributed by atoms with E-state index in [-0.39, 0.29) is 5.84 Å². The lowest BCUT2D eigenvalue weighted by Crippen LogP contribution is -2.47. The highest BCUT2D eigenvalue weighted by molar-refractivity contribution is 5.93. The molecule has 2 aromatic rings. The van der Waals surface area contributed by atoms with Crippen LogP contribution in [0.25, 0.3) is 0 Å². The van der Waals surface area contributed by atoms with E-state index >= 15 is 0 Å². The third kappa shape index (κ3) is 2.91. The quantitative estimate of drug-likeness (QED) is 0.628. The zero-order valence-corrected chi connectivity index (χ0v) is 11.6. The molecule has 0 bridgehead atoms. The van der Waals surface area contributed by atoms with Crippen LogP contribution in [0.1, 0.15) is 5.69 Å². The number of nitrogens with zero attached hydrogens (tertiary/aromatic N) is 5. The van der Waals surface area contributed by atoms with Crippen LogP contribution in [-0.2, 0) is 0 Å². The molecule has 0 aliphatic carbocycles. The van der Waals surface area contributed by atoms with Crippen LogP contribution in [0.4, 0.5) is 11.8 Å². The maximum absolute atomic E-state index is 7.44. The van der Waals surface area contributed by atoms with Crippen LogP contribution in [-0.4, -0.2) is 47.0 Å². The third-order valence-corrected chi connectivity index (χ3v) is 3.45. The third-order valence-electron chi connectivity index (χ3n) is 3.45. The van der Waals surface area contributed by atoms with Crippen molar-refractivity contribution < 1.29 is 0 Å². The number of hydrogen-bond acceptors (Lipinski definition) is 6. The second-order valence-corrected chi connectivity index (χ2v) is 4.82. The van der Waals surface area contributed by atoms with Crippen molar-refractivity contribution in [1.29, 1.82) is 5.41 Å². The van der Waals surface area contributed by atoms with Crippen molar-refractivity contribution in [1.82, 2.24) is 15.0 Å². The molecule has 0 unspecified atom stereocenters. The van der Waals surface area contributed by atoms with Crippen molar-refractivity contribution >= 4 is 17.6 Å². The first kappa shape index (κ1) is 13.3. The molecule has 1 fully saturated rings. The number of pyridine rings is 1. The van der Waals surface area contributed by atoms with Gasteiger partial charge in [-0.2, -0.15) is 0 Å². The maximum atomic E-state index is 7.44. The van der Waals surface area contributed by atoms with Crippen molar-refractivity contribution in [3.05, 3.63) is 42.4 Å². The summed E-state index contributed by atoms with van der Waals surface area (Å²) >= 11 is 0. The Morgan fingerprint density at radius 1 is 1.00 bits per heavy atom. The molecule has 3 rings (SSSR count).